The molecule has 2 aromatic heterocycles. The van der Waals surface area contributed by atoms with E-state index < -0.39 is 0 Å². The number of rotatable bonds is 1. The summed E-state index contributed by atoms with van der Waals surface area (Å²) in [4.78, 5) is 26.8. The number of anilines is 1. The zero-order valence-electron chi connectivity index (χ0n) is 14.6. The van der Waals surface area contributed by atoms with Crippen LogP contribution in [-0.2, 0) is 17.6 Å². The summed E-state index contributed by atoms with van der Waals surface area (Å²) in [5.74, 6) is 0.372. The van der Waals surface area contributed by atoms with Gasteiger partial charge >= 0.3 is 0 Å². The zero-order chi connectivity index (χ0) is 20.3. The number of benzene rings is 1. The predicted octanol–water partition coefficient (Wildman–Crippen LogP) is 2.06. The lowest BCUT2D eigenvalue weighted by Gasteiger charge is -2.24. The van der Waals surface area contributed by atoms with E-state index in [0.29, 0.717) is 35.2 Å². The number of hydrogen-bond donors (Lipinski definition) is 4. The van der Waals surface area contributed by atoms with Crippen molar-refractivity contribution in [1.29, 1.82) is 5.26 Å². The molecule has 8 heteroatoms. The second kappa shape index (κ2) is 7.63. The highest BCUT2D eigenvalue weighted by Crippen LogP contribution is 2.42. The van der Waals surface area contributed by atoms with Crippen molar-refractivity contribution in [2.24, 2.45) is 0 Å². The smallest absolute Gasteiger partial charge is 0.290 e. The third-order valence-corrected chi connectivity index (χ3v) is 4.54. The molecule has 0 aliphatic heterocycles. The fourth-order valence-electron chi connectivity index (χ4n) is 3.41. The Labute approximate surface area is 159 Å². The van der Waals surface area contributed by atoms with Crippen LogP contribution in [0.5, 0.6) is 5.75 Å². The quantitative estimate of drug-likeness (QED) is 0.474. The molecule has 3 aromatic rings. The summed E-state index contributed by atoms with van der Waals surface area (Å²) in [6.45, 7) is -0.250. The van der Waals surface area contributed by atoms with Gasteiger partial charge in [0, 0.05) is 29.0 Å². The number of carboxylic acid groups (broad SMARTS) is 1. The number of carbonyl (C=O) groups is 1. The molecule has 28 heavy (non-hydrogen) atoms. The molecule has 0 saturated carbocycles. The predicted molar refractivity (Wildman–Crippen MR) is 103 cm³/mol. The van der Waals surface area contributed by atoms with Gasteiger partial charge in [0.15, 0.2) is 0 Å². The van der Waals surface area contributed by atoms with Crippen molar-refractivity contribution < 1.29 is 15.0 Å². The highest BCUT2D eigenvalue weighted by atomic mass is 16.3. The van der Waals surface area contributed by atoms with Gasteiger partial charge in [-0.3, -0.25) is 9.59 Å². The van der Waals surface area contributed by atoms with Gasteiger partial charge in [-0.25, -0.2) is 4.98 Å². The summed E-state index contributed by atoms with van der Waals surface area (Å²) in [6, 6.07) is 10.5. The van der Waals surface area contributed by atoms with E-state index in [-0.39, 0.29) is 23.6 Å². The summed E-state index contributed by atoms with van der Waals surface area (Å²) >= 11 is 0. The summed E-state index contributed by atoms with van der Waals surface area (Å²) in [6.07, 6.45) is 2.84. The lowest BCUT2D eigenvalue weighted by molar-refractivity contribution is -0.122. The van der Waals surface area contributed by atoms with Crippen molar-refractivity contribution in [3.63, 3.8) is 0 Å². The van der Waals surface area contributed by atoms with Crippen LogP contribution < -0.4 is 11.3 Å². The van der Waals surface area contributed by atoms with E-state index in [1.165, 1.54) is 6.07 Å². The van der Waals surface area contributed by atoms with Gasteiger partial charge in [-0.2, -0.15) is 5.26 Å². The molecular weight excluding hydrogens is 360 g/mol. The lowest BCUT2D eigenvalue weighted by Crippen LogP contribution is -2.12. The van der Waals surface area contributed by atoms with Gasteiger partial charge in [-0.1, -0.05) is 12.1 Å². The van der Waals surface area contributed by atoms with Gasteiger partial charge in [0.05, 0.1) is 5.69 Å². The summed E-state index contributed by atoms with van der Waals surface area (Å²) < 4.78 is 0. The van der Waals surface area contributed by atoms with E-state index in [1.54, 1.807) is 24.4 Å². The number of nitriles is 1. The van der Waals surface area contributed by atoms with Crippen LogP contribution >= 0.6 is 0 Å². The number of nitrogens with one attached hydrogen (secondary N) is 1. The number of nitrogens with two attached hydrogens (primary N) is 1. The van der Waals surface area contributed by atoms with Crippen LogP contribution in [0.15, 0.2) is 41.3 Å². The molecule has 0 saturated heterocycles. The van der Waals surface area contributed by atoms with Crippen LogP contribution in [0.1, 0.15) is 16.7 Å². The molecule has 0 radical (unpaired) electrons. The highest BCUT2D eigenvalue weighted by Gasteiger charge is 2.26. The second-order valence-corrected chi connectivity index (χ2v) is 6.04. The van der Waals surface area contributed by atoms with Crippen molar-refractivity contribution in [2.75, 3.05) is 5.73 Å². The molecule has 1 aliphatic rings. The van der Waals surface area contributed by atoms with Gasteiger partial charge in [-0.15, -0.1) is 0 Å². The average molecular weight is 376 g/mol. The number of aromatic hydroxyl groups is 1. The molecule has 2 heterocycles. The number of phenols is 1. The van der Waals surface area contributed by atoms with Crippen LogP contribution in [0.3, 0.4) is 0 Å². The fourth-order valence-corrected chi connectivity index (χ4v) is 3.41. The van der Waals surface area contributed by atoms with Crippen molar-refractivity contribution in [1.82, 2.24) is 9.97 Å². The first-order valence-electron chi connectivity index (χ1n) is 8.32. The van der Waals surface area contributed by atoms with Gasteiger partial charge in [0.25, 0.3) is 6.47 Å². The number of nitrogens with zero attached hydrogens (tertiary/aromatic N) is 2. The number of aromatic nitrogens is 2. The van der Waals surface area contributed by atoms with Crippen LogP contribution in [-0.4, -0.2) is 26.7 Å². The maximum atomic E-state index is 11.4. The third kappa shape index (κ3) is 3.17. The van der Waals surface area contributed by atoms with Crippen molar-refractivity contribution in [2.45, 2.75) is 12.8 Å². The molecule has 0 amide bonds. The molecule has 4 rings (SSSR count). The van der Waals surface area contributed by atoms with Crippen LogP contribution in [0, 0.1) is 11.3 Å². The van der Waals surface area contributed by atoms with Gasteiger partial charge in [0.2, 0.25) is 5.56 Å². The lowest BCUT2D eigenvalue weighted by atomic mass is 9.83. The zero-order valence-corrected chi connectivity index (χ0v) is 14.6. The van der Waals surface area contributed by atoms with E-state index in [2.05, 4.69) is 16.0 Å². The van der Waals surface area contributed by atoms with E-state index in [1.807, 2.05) is 6.07 Å². The molecule has 8 nitrogen and oxygen atoms in total. The Hall–Kier alpha value is -4.12. The van der Waals surface area contributed by atoms with Crippen LogP contribution in [0.25, 0.3) is 22.4 Å². The monoisotopic (exact) mass is 376 g/mol. The molecule has 0 fully saturated rings. The first-order valence-corrected chi connectivity index (χ1v) is 8.32. The molecule has 0 spiro atoms. The SMILES string of the molecule is N#Cc1c(N)nc2c(c1-c1ccc(=O)[nH]c1)CCc1c(O)cccc1-2.O=CO. The number of phenolic OH excluding ortho intramolecular Hbond substituents is 1. The van der Waals surface area contributed by atoms with Crippen molar-refractivity contribution in [3.8, 4) is 34.2 Å². The minimum atomic E-state index is -0.250. The molecule has 0 atom stereocenters. The Morgan fingerprint density at radius 1 is 1.21 bits per heavy atom. The highest BCUT2D eigenvalue weighted by molar-refractivity contribution is 5.86. The molecular formula is C20H16N4O4. The topological polar surface area (TPSA) is 153 Å². The first kappa shape index (κ1) is 18.7. The molecule has 140 valence electrons. The molecule has 1 aromatic carbocycles. The van der Waals surface area contributed by atoms with E-state index >= 15 is 0 Å². The molecule has 0 bridgehead atoms. The van der Waals surface area contributed by atoms with Gasteiger partial charge in [0.1, 0.15) is 23.2 Å². The van der Waals surface area contributed by atoms with Gasteiger partial charge in [-0.05, 0) is 36.1 Å². The summed E-state index contributed by atoms with van der Waals surface area (Å²) in [5, 5.41) is 26.6. The molecule has 0 unspecified atom stereocenters. The number of aromatic amines is 1. The maximum absolute atomic E-state index is 11.4. The Kier molecular flexibility index (Phi) is 5.09. The van der Waals surface area contributed by atoms with Crippen LogP contribution in [0.2, 0.25) is 0 Å². The number of hydrogen-bond acceptors (Lipinski definition) is 6. The number of nitrogen functional groups attached to an aromatic ring is 1. The Balaban J connectivity index is 0.000000706. The summed E-state index contributed by atoms with van der Waals surface area (Å²) in [7, 11) is 0. The number of fused-ring (bicyclic) bond motifs is 3. The Morgan fingerprint density at radius 3 is 2.57 bits per heavy atom. The number of H-pyrrole nitrogens is 1. The largest absolute Gasteiger partial charge is 0.508 e. The second-order valence-electron chi connectivity index (χ2n) is 6.04. The van der Waals surface area contributed by atoms with Crippen molar-refractivity contribution in [3.05, 3.63) is 63.6 Å². The van der Waals surface area contributed by atoms with Gasteiger partial charge < -0.3 is 20.9 Å². The molecule has 1 aliphatic carbocycles. The van der Waals surface area contributed by atoms with Crippen LogP contribution in [0.4, 0.5) is 5.82 Å². The minimum absolute atomic E-state index is 0.138. The first-order chi connectivity index (χ1) is 13.5. The molecule has 5 N–H and O–H groups in total. The van der Waals surface area contributed by atoms with Crippen molar-refractivity contribution >= 4 is 12.3 Å². The minimum Gasteiger partial charge on any atom is -0.508 e. The average Bonchev–Trinajstić information content (AvgIpc) is 2.68. The maximum Gasteiger partial charge on any atom is 0.290 e. The van der Waals surface area contributed by atoms with E-state index in [9.17, 15) is 15.2 Å². The Morgan fingerprint density at radius 2 is 1.93 bits per heavy atom. The van der Waals surface area contributed by atoms with E-state index in [4.69, 9.17) is 15.6 Å². The van der Waals surface area contributed by atoms with E-state index in [0.717, 1.165) is 16.7 Å². The third-order valence-electron chi connectivity index (χ3n) is 4.54. The Bertz CT molecular complexity index is 1140. The summed E-state index contributed by atoms with van der Waals surface area (Å²) in [5.41, 5.74) is 10.8. The fraction of sp³-hybridized carbons (Fsp3) is 0.100. The number of pyridine rings is 2. The standard InChI is InChI=1S/C19H14N4O2.CH2O2/c20-8-14-17(10-4-7-16(25)22-9-10)13-6-5-11-12(2-1-3-15(11)24)18(13)23-19(14)21;2-1-3/h1-4,7,9,24H,5-6H2,(H2,21,23)(H,22,25);1H,(H,2,3). The normalized spacial score (nSPS) is 11.2.